The van der Waals surface area contributed by atoms with Crippen LogP contribution in [0, 0.1) is 0 Å². The van der Waals surface area contributed by atoms with Crippen LogP contribution in [0.15, 0.2) is 0 Å². The van der Waals surface area contributed by atoms with Crippen molar-refractivity contribution in [3.8, 4) is 0 Å². The minimum absolute atomic E-state index is 0.418. The van der Waals surface area contributed by atoms with Crippen LogP contribution in [-0.2, 0) is 23.2 Å². The first-order valence-corrected chi connectivity index (χ1v) is 5.29. The van der Waals surface area contributed by atoms with Gasteiger partial charge in [-0.2, -0.15) is 0 Å². The van der Waals surface area contributed by atoms with E-state index >= 15 is 0 Å². The Morgan fingerprint density at radius 3 is 2.27 bits per heavy atom. The van der Waals surface area contributed by atoms with Gasteiger partial charge in [-0.3, -0.25) is 13.8 Å². The highest BCUT2D eigenvalue weighted by molar-refractivity contribution is 7.47. The molecule has 0 aliphatic heterocycles. The van der Waals surface area contributed by atoms with Crippen molar-refractivity contribution in [2.24, 2.45) is 0 Å². The highest BCUT2D eigenvalue weighted by Gasteiger charge is 2.30. The largest absolute Gasteiger partial charge is 0.481 e. The number of phosphoric ester groups is 1. The summed E-state index contributed by atoms with van der Waals surface area (Å²) in [5, 5.41) is 16.8. The van der Waals surface area contributed by atoms with Crippen LogP contribution < -0.4 is 0 Å². The molecule has 0 aromatic heterocycles. The van der Waals surface area contributed by atoms with Crippen LogP contribution in [0.5, 0.6) is 0 Å². The van der Waals surface area contributed by atoms with Gasteiger partial charge in [0.25, 0.3) is 0 Å². The Hall–Kier alpha value is -0.950. The molecule has 0 aliphatic carbocycles. The number of carbonyl (C=O) groups is 2. The van der Waals surface area contributed by atoms with Gasteiger partial charge in [0.2, 0.25) is 0 Å². The van der Waals surface area contributed by atoms with Crippen LogP contribution >= 0.6 is 7.82 Å². The fourth-order valence-corrected chi connectivity index (χ4v) is 1.28. The van der Waals surface area contributed by atoms with E-state index < -0.39 is 38.7 Å². The third-order valence-corrected chi connectivity index (χ3v) is 2.37. The quantitative estimate of drug-likeness (QED) is 0.534. The molecule has 0 fully saturated rings. The van der Waals surface area contributed by atoms with E-state index in [1.165, 1.54) is 0 Å². The molecule has 0 aliphatic rings. The van der Waals surface area contributed by atoms with Gasteiger partial charge < -0.3 is 15.1 Å². The molecule has 0 spiro atoms. The molecule has 0 aromatic rings. The van der Waals surface area contributed by atoms with E-state index in [9.17, 15) is 14.2 Å². The second-order valence-electron chi connectivity index (χ2n) is 2.52. The van der Waals surface area contributed by atoms with Gasteiger partial charge in [-0.25, -0.2) is 9.36 Å². The lowest BCUT2D eigenvalue weighted by molar-refractivity contribution is -0.147. The monoisotopic (exact) mass is 242 g/mol. The third kappa shape index (κ3) is 6.19. The lowest BCUT2D eigenvalue weighted by Gasteiger charge is -2.15. The molecule has 0 amide bonds. The highest BCUT2D eigenvalue weighted by atomic mass is 31.2. The molecule has 15 heavy (non-hydrogen) atoms. The fraction of sp³-hybridized carbons (Fsp3) is 0.667. The summed E-state index contributed by atoms with van der Waals surface area (Å²) in [4.78, 5) is 29.5. The van der Waals surface area contributed by atoms with Gasteiger partial charge >= 0.3 is 19.8 Å². The molecule has 0 heterocycles. The predicted molar refractivity (Wildman–Crippen MR) is 46.2 cm³/mol. The lowest BCUT2D eigenvalue weighted by atomic mass is 10.2. The predicted octanol–water partition coefficient (Wildman–Crippen LogP) is 0.0678. The van der Waals surface area contributed by atoms with Gasteiger partial charge in [-0.15, -0.1) is 0 Å². The SMILES string of the molecule is COP(=O)(O)O[C@@H](CCC(=O)O)C(=O)O. The van der Waals surface area contributed by atoms with Crippen molar-refractivity contribution in [2.45, 2.75) is 18.9 Å². The van der Waals surface area contributed by atoms with Crippen LogP contribution in [0.2, 0.25) is 0 Å². The number of carboxylic acids is 2. The van der Waals surface area contributed by atoms with Crippen LogP contribution in [0.4, 0.5) is 0 Å². The second-order valence-corrected chi connectivity index (χ2v) is 4.03. The molecule has 0 saturated heterocycles. The number of hydrogen-bond acceptors (Lipinski definition) is 5. The second kappa shape index (κ2) is 5.82. The van der Waals surface area contributed by atoms with Crippen molar-refractivity contribution in [1.82, 2.24) is 0 Å². The normalized spacial score (nSPS) is 16.7. The summed E-state index contributed by atoms with van der Waals surface area (Å²) in [5.41, 5.74) is 0. The number of carboxylic acid groups (broad SMARTS) is 2. The van der Waals surface area contributed by atoms with E-state index in [1.807, 2.05) is 0 Å². The number of rotatable bonds is 7. The standard InChI is InChI=1S/C6H11O8P/c1-13-15(11,12)14-4(6(9)10)2-3-5(7)8/h4H,2-3H2,1H3,(H,7,8)(H,9,10)(H,11,12)/t4-/m0/s1. The molecule has 3 N–H and O–H groups in total. The summed E-state index contributed by atoms with van der Waals surface area (Å²) < 4.78 is 19.1. The molecule has 0 bridgehead atoms. The average Bonchev–Trinajstić information content (AvgIpc) is 2.11. The maximum absolute atomic E-state index is 10.8. The Kier molecular flexibility index (Phi) is 5.45. The van der Waals surface area contributed by atoms with Crippen LogP contribution in [0.1, 0.15) is 12.8 Å². The molecular weight excluding hydrogens is 231 g/mol. The summed E-state index contributed by atoms with van der Waals surface area (Å²) in [7, 11) is -3.55. The smallest absolute Gasteiger partial charge is 0.472 e. The zero-order valence-electron chi connectivity index (χ0n) is 7.82. The highest BCUT2D eigenvalue weighted by Crippen LogP contribution is 2.44. The van der Waals surface area contributed by atoms with Crippen LogP contribution in [0.25, 0.3) is 0 Å². The molecule has 9 heteroatoms. The van der Waals surface area contributed by atoms with Gasteiger partial charge in [-0.05, 0) is 6.42 Å². The first kappa shape index (κ1) is 14.1. The van der Waals surface area contributed by atoms with Crippen LogP contribution in [0.3, 0.4) is 0 Å². The minimum atomic E-state index is -4.42. The van der Waals surface area contributed by atoms with Crippen molar-refractivity contribution < 1.29 is 38.3 Å². The lowest BCUT2D eigenvalue weighted by Crippen LogP contribution is -2.24. The van der Waals surface area contributed by atoms with Gasteiger partial charge in [0.1, 0.15) is 0 Å². The summed E-state index contributed by atoms with van der Waals surface area (Å²) in [6, 6.07) is 0. The van der Waals surface area contributed by atoms with Gasteiger partial charge in [0.15, 0.2) is 6.10 Å². The van der Waals surface area contributed by atoms with Gasteiger partial charge in [-0.1, -0.05) is 0 Å². The van der Waals surface area contributed by atoms with E-state index in [4.69, 9.17) is 15.1 Å². The molecular formula is C6H11O8P. The molecule has 0 aromatic carbocycles. The number of phosphoric acid groups is 1. The van der Waals surface area contributed by atoms with Gasteiger partial charge in [0, 0.05) is 13.5 Å². The first-order chi connectivity index (χ1) is 6.78. The summed E-state index contributed by atoms with van der Waals surface area (Å²) in [5.74, 6) is -2.75. The Morgan fingerprint density at radius 1 is 1.40 bits per heavy atom. The van der Waals surface area contributed by atoms with E-state index in [1.54, 1.807) is 0 Å². The molecule has 1 unspecified atom stereocenters. The third-order valence-electron chi connectivity index (χ3n) is 1.39. The van der Waals surface area contributed by atoms with Crippen molar-refractivity contribution in [3.63, 3.8) is 0 Å². The van der Waals surface area contributed by atoms with E-state index in [0.29, 0.717) is 0 Å². The Bertz CT molecular complexity index is 287. The summed E-state index contributed by atoms with van der Waals surface area (Å²) in [6.45, 7) is 0. The van der Waals surface area contributed by atoms with Crippen molar-refractivity contribution in [2.75, 3.05) is 7.11 Å². The Labute approximate surface area is 85.0 Å². The van der Waals surface area contributed by atoms with Crippen LogP contribution in [-0.4, -0.2) is 40.3 Å². The Morgan fingerprint density at radius 2 is 1.93 bits per heavy atom. The molecule has 2 atom stereocenters. The van der Waals surface area contributed by atoms with Crippen molar-refractivity contribution in [3.05, 3.63) is 0 Å². The Balaban J connectivity index is 4.35. The van der Waals surface area contributed by atoms with Crippen molar-refractivity contribution >= 4 is 19.8 Å². The summed E-state index contributed by atoms with van der Waals surface area (Å²) >= 11 is 0. The van der Waals surface area contributed by atoms with Gasteiger partial charge in [0.05, 0.1) is 0 Å². The van der Waals surface area contributed by atoms with E-state index in [0.717, 1.165) is 7.11 Å². The maximum atomic E-state index is 10.8. The topological polar surface area (TPSA) is 130 Å². The molecule has 88 valence electrons. The maximum Gasteiger partial charge on any atom is 0.472 e. The van der Waals surface area contributed by atoms with E-state index in [-0.39, 0.29) is 0 Å². The molecule has 8 nitrogen and oxygen atoms in total. The van der Waals surface area contributed by atoms with Crippen molar-refractivity contribution in [1.29, 1.82) is 0 Å². The van der Waals surface area contributed by atoms with E-state index in [2.05, 4.69) is 9.05 Å². The minimum Gasteiger partial charge on any atom is -0.481 e. The first-order valence-electron chi connectivity index (χ1n) is 3.80. The molecule has 0 rings (SSSR count). The zero-order valence-corrected chi connectivity index (χ0v) is 8.72. The number of aliphatic carboxylic acids is 2. The zero-order chi connectivity index (χ0) is 12.1. The molecule has 0 radical (unpaired) electrons. The fourth-order valence-electron chi connectivity index (χ4n) is 0.680. The summed E-state index contributed by atoms with van der Waals surface area (Å²) in [6.07, 6.45) is -2.59. The number of hydrogen-bond donors (Lipinski definition) is 3. The molecule has 0 saturated carbocycles. The average molecular weight is 242 g/mol.